The molecule has 0 radical (unpaired) electrons. The van der Waals surface area contributed by atoms with E-state index >= 15 is 0 Å². The van der Waals surface area contributed by atoms with E-state index in [9.17, 15) is 0 Å². The molecule has 4 fully saturated rings. The van der Waals surface area contributed by atoms with Crippen LogP contribution in [-0.4, -0.2) is 18.3 Å². The minimum Gasteiger partial charge on any atom is -0.399 e. The Morgan fingerprint density at radius 2 is 1.04 bits per heavy atom. The van der Waals surface area contributed by atoms with Gasteiger partial charge in [0, 0.05) is 0 Å². The number of hydrogen-bond donors (Lipinski definition) is 0. The van der Waals surface area contributed by atoms with Gasteiger partial charge >= 0.3 is 7.12 Å². The molecule has 0 atom stereocenters. The first-order chi connectivity index (χ1) is 22.0. The van der Waals surface area contributed by atoms with E-state index in [0.717, 1.165) is 18.3 Å². The highest BCUT2D eigenvalue weighted by Crippen LogP contribution is 2.58. The number of rotatable bonds is 8. The molecule has 0 aromatic heterocycles. The Labute approximate surface area is 277 Å². The summed E-state index contributed by atoms with van der Waals surface area (Å²) in [6.45, 7) is 15.0. The van der Waals surface area contributed by atoms with Crippen LogP contribution in [0.5, 0.6) is 0 Å². The first-order valence-corrected chi connectivity index (χ1v) is 17.4. The van der Waals surface area contributed by atoms with E-state index in [1.807, 2.05) is 0 Å². The van der Waals surface area contributed by atoms with Crippen LogP contribution in [0.15, 0.2) is 104 Å². The molecule has 46 heavy (non-hydrogen) atoms. The molecule has 4 aromatic rings. The van der Waals surface area contributed by atoms with Crippen molar-refractivity contribution in [3.63, 3.8) is 0 Å². The SMILES string of the molecule is C=C(CCc1ccc(C)cc1)c1ccc(-c2ccc(C34CCC(c5ccc(B6OC(C)(C)C(C)(C)O6)cc5)(CC3)CC4)cc2)cc1. The highest BCUT2D eigenvalue weighted by molar-refractivity contribution is 6.62. The minimum absolute atomic E-state index is 0.295. The fourth-order valence-electron chi connectivity index (χ4n) is 8.13. The highest BCUT2D eigenvalue weighted by Gasteiger charge is 2.52. The van der Waals surface area contributed by atoms with Gasteiger partial charge in [0.1, 0.15) is 0 Å². The summed E-state index contributed by atoms with van der Waals surface area (Å²) in [7, 11) is -0.295. The van der Waals surface area contributed by atoms with E-state index in [2.05, 4.69) is 138 Å². The summed E-state index contributed by atoms with van der Waals surface area (Å²) >= 11 is 0. The fourth-order valence-corrected chi connectivity index (χ4v) is 8.13. The maximum atomic E-state index is 6.31. The van der Waals surface area contributed by atoms with Crippen LogP contribution in [0.4, 0.5) is 0 Å². The summed E-state index contributed by atoms with van der Waals surface area (Å²) in [6, 6.07) is 36.6. The summed E-state index contributed by atoms with van der Waals surface area (Å²) in [5.41, 5.74) is 11.8. The molecule has 3 saturated carbocycles. The van der Waals surface area contributed by atoms with E-state index in [1.165, 1.54) is 83.0 Å². The van der Waals surface area contributed by atoms with E-state index < -0.39 is 0 Å². The van der Waals surface area contributed by atoms with Crippen molar-refractivity contribution < 1.29 is 9.31 Å². The molecule has 4 aromatic carbocycles. The van der Waals surface area contributed by atoms with Gasteiger partial charge in [-0.3, -0.25) is 0 Å². The van der Waals surface area contributed by atoms with Crippen molar-refractivity contribution in [2.24, 2.45) is 0 Å². The van der Waals surface area contributed by atoms with Gasteiger partial charge in [-0.1, -0.05) is 109 Å². The number of fused-ring (bicyclic) bond motifs is 3. The predicted octanol–water partition coefficient (Wildman–Crippen LogP) is 10.2. The number of hydrogen-bond acceptors (Lipinski definition) is 2. The van der Waals surface area contributed by atoms with Crippen molar-refractivity contribution in [2.45, 2.75) is 108 Å². The zero-order valence-electron chi connectivity index (χ0n) is 28.5. The van der Waals surface area contributed by atoms with Gasteiger partial charge < -0.3 is 9.31 Å². The predicted molar refractivity (Wildman–Crippen MR) is 194 cm³/mol. The zero-order chi connectivity index (χ0) is 32.2. The van der Waals surface area contributed by atoms with Crippen molar-refractivity contribution in [2.75, 3.05) is 0 Å². The highest BCUT2D eigenvalue weighted by atomic mass is 16.7. The number of aryl methyl sites for hydroxylation is 2. The maximum absolute atomic E-state index is 6.31. The smallest absolute Gasteiger partial charge is 0.399 e. The van der Waals surface area contributed by atoms with E-state index in [4.69, 9.17) is 9.31 Å². The van der Waals surface area contributed by atoms with Crippen molar-refractivity contribution >= 4 is 18.2 Å². The molecule has 0 spiro atoms. The second-order valence-corrected chi connectivity index (χ2v) is 15.5. The summed E-state index contributed by atoms with van der Waals surface area (Å²) in [5.74, 6) is 0. The number of allylic oxidation sites excluding steroid dienone is 1. The van der Waals surface area contributed by atoms with E-state index in [0.29, 0.717) is 10.8 Å². The summed E-state index contributed by atoms with van der Waals surface area (Å²) in [6.07, 6.45) is 9.60. The van der Waals surface area contributed by atoms with Crippen LogP contribution < -0.4 is 5.46 Å². The Bertz CT molecular complexity index is 1650. The Kier molecular flexibility index (Phi) is 7.93. The van der Waals surface area contributed by atoms with Crippen LogP contribution in [-0.2, 0) is 26.6 Å². The van der Waals surface area contributed by atoms with Gasteiger partial charge in [0.05, 0.1) is 11.2 Å². The molecule has 236 valence electrons. The molecule has 0 N–H and O–H groups in total. The van der Waals surface area contributed by atoms with Crippen molar-refractivity contribution in [3.8, 4) is 11.1 Å². The van der Waals surface area contributed by atoms with Crippen molar-refractivity contribution in [1.82, 2.24) is 0 Å². The Morgan fingerprint density at radius 3 is 1.52 bits per heavy atom. The largest absolute Gasteiger partial charge is 0.494 e. The second kappa shape index (κ2) is 11.7. The minimum atomic E-state index is -0.314. The molecule has 3 heteroatoms. The average Bonchev–Trinajstić information content (AvgIpc) is 3.31. The van der Waals surface area contributed by atoms with Crippen LogP contribution in [0.1, 0.15) is 100 Å². The average molecular weight is 609 g/mol. The molecule has 2 nitrogen and oxygen atoms in total. The van der Waals surface area contributed by atoms with Crippen LogP contribution in [0.25, 0.3) is 16.7 Å². The Balaban J connectivity index is 0.972. The lowest BCUT2D eigenvalue weighted by atomic mass is 9.50. The third-order valence-corrected chi connectivity index (χ3v) is 12.3. The molecule has 1 saturated heterocycles. The normalized spacial score (nSPS) is 24.7. The molecule has 4 aliphatic rings. The van der Waals surface area contributed by atoms with Crippen LogP contribution in [0.2, 0.25) is 0 Å². The third-order valence-electron chi connectivity index (χ3n) is 12.3. The molecule has 3 aliphatic carbocycles. The lowest BCUT2D eigenvalue weighted by Crippen LogP contribution is -2.46. The molecule has 0 unspecified atom stereocenters. The van der Waals surface area contributed by atoms with Crippen LogP contribution in [0.3, 0.4) is 0 Å². The Hall–Kier alpha value is -3.40. The topological polar surface area (TPSA) is 18.5 Å². The monoisotopic (exact) mass is 608 g/mol. The van der Waals surface area contributed by atoms with Crippen molar-refractivity contribution in [1.29, 1.82) is 0 Å². The Morgan fingerprint density at radius 1 is 0.609 bits per heavy atom. The standard InChI is InChI=1S/C43H49BO2/c1-31-7-10-33(11-8-31)12-9-32(2)34-13-15-35(16-14-34)36-17-19-37(20-18-36)42-25-28-43(29-26-42,30-27-42)38-21-23-39(24-22-38)44-45-40(3,4)41(5,6)46-44/h7-8,10-11,13-24H,2,9,12,25-30H2,1,3-6H3. The molecule has 8 rings (SSSR count). The van der Waals surface area contributed by atoms with Crippen LogP contribution >= 0.6 is 0 Å². The second-order valence-electron chi connectivity index (χ2n) is 15.5. The zero-order valence-corrected chi connectivity index (χ0v) is 28.5. The molecule has 0 amide bonds. The van der Waals surface area contributed by atoms with E-state index in [1.54, 1.807) is 0 Å². The fraction of sp³-hybridized carbons (Fsp3) is 0.395. The summed E-state index contributed by atoms with van der Waals surface area (Å²) < 4.78 is 12.6. The van der Waals surface area contributed by atoms with Crippen LogP contribution in [0, 0.1) is 6.92 Å². The lowest BCUT2D eigenvalue weighted by molar-refractivity contribution is 0.00578. The van der Waals surface area contributed by atoms with Gasteiger partial charge in [-0.2, -0.15) is 0 Å². The quantitative estimate of drug-likeness (QED) is 0.185. The summed E-state index contributed by atoms with van der Waals surface area (Å²) in [4.78, 5) is 0. The molecule has 1 heterocycles. The molecular formula is C43H49BO2. The van der Waals surface area contributed by atoms with Gasteiger partial charge in [-0.25, -0.2) is 0 Å². The first kappa shape index (κ1) is 31.2. The molecule has 1 aliphatic heterocycles. The third kappa shape index (κ3) is 5.71. The molecule has 2 bridgehead atoms. The maximum Gasteiger partial charge on any atom is 0.494 e. The van der Waals surface area contributed by atoms with Gasteiger partial charge in [0.25, 0.3) is 0 Å². The van der Waals surface area contributed by atoms with Crippen molar-refractivity contribution in [3.05, 3.63) is 131 Å². The number of benzene rings is 4. The lowest BCUT2D eigenvalue weighted by Gasteiger charge is -2.54. The van der Waals surface area contributed by atoms with E-state index in [-0.39, 0.29) is 18.3 Å². The van der Waals surface area contributed by atoms with Gasteiger partial charge in [0.2, 0.25) is 0 Å². The van der Waals surface area contributed by atoms with Gasteiger partial charge in [0.15, 0.2) is 0 Å². The van der Waals surface area contributed by atoms with Gasteiger partial charge in [-0.15, -0.1) is 0 Å². The first-order valence-electron chi connectivity index (χ1n) is 17.4. The summed E-state index contributed by atoms with van der Waals surface area (Å²) in [5, 5.41) is 0. The van der Waals surface area contributed by atoms with Gasteiger partial charge in [-0.05, 0) is 141 Å². The molecular weight excluding hydrogens is 559 g/mol.